The molecule has 0 saturated heterocycles. The molecule has 0 unspecified atom stereocenters. The van der Waals surface area contributed by atoms with Crippen LogP contribution in [-0.4, -0.2) is 18.1 Å². The molecule has 0 spiro atoms. The van der Waals surface area contributed by atoms with E-state index in [9.17, 15) is 12.8 Å². The molecular weight excluding hydrogens is 283 g/mol. The van der Waals surface area contributed by atoms with Gasteiger partial charge < -0.3 is 9.67 Å². The normalized spacial score (nSPS) is 11.8. The minimum atomic E-state index is -3.69. The van der Waals surface area contributed by atoms with Crippen molar-refractivity contribution in [2.45, 2.75) is 18.0 Å². The van der Waals surface area contributed by atoms with Gasteiger partial charge in [0.1, 0.15) is 5.82 Å². The van der Waals surface area contributed by atoms with Crippen molar-refractivity contribution in [2.24, 2.45) is 7.05 Å². The molecule has 0 aliphatic rings. The lowest BCUT2D eigenvalue weighted by molar-refractivity contribution is 0.272. The van der Waals surface area contributed by atoms with Crippen LogP contribution in [0.4, 0.5) is 4.39 Å². The van der Waals surface area contributed by atoms with Gasteiger partial charge in [0.2, 0.25) is 10.0 Å². The summed E-state index contributed by atoms with van der Waals surface area (Å²) in [6, 6.07) is 7.12. The lowest BCUT2D eigenvalue weighted by Crippen LogP contribution is -2.22. The maximum Gasteiger partial charge on any atom is 0.242 e. The Labute approximate surface area is 116 Å². The molecule has 7 heteroatoms. The summed E-state index contributed by atoms with van der Waals surface area (Å²) < 4.78 is 41.1. The topological polar surface area (TPSA) is 71.3 Å². The number of sulfonamides is 1. The smallest absolute Gasteiger partial charge is 0.242 e. The van der Waals surface area contributed by atoms with E-state index in [2.05, 4.69) is 4.72 Å². The molecule has 1 aromatic carbocycles. The average molecular weight is 298 g/mol. The van der Waals surface area contributed by atoms with Gasteiger partial charge in [0.15, 0.2) is 0 Å². The number of nitrogens with zero attached hydrogens (tertiary/aromatic N) is 1. The van der Waals surface area contributed by atoms with Crippen LogP contribution in [-0.2, 0) is 30.2 Å². The van der Waals surface area contributed by atoms with E-state index in [1.54, 1.807) is 13.1 Å². The zero-order chi connectivity index (χ0) is 14.8. The van der Waals surface area contributed by atoms with Gasteiger partial charge >= 0.3 is 0 Å². The van der Waals surface area contributed by atoms with Gasteiger partial charge in [0.25, 0.3) is 0 Å². The molecule has 0 radical (unpaired) electrons. The number of aliphatic hydroxyl groups excluding tert-OH is 1. The second kappa shape index (κ2) is 5.74. The number of aliphatic hydroxyl groups is 1. The monoisotopic (exact) mass is 298 g/mol. The maximum absolute atomic E-state index is 13.0. The first-order valence-corrected chi connectivity index (χ1v) is 7.41. The molecule has 0 saturated carbocycles. The molecule has 108 valence electrons. The molecular formula is C13H15FN2O3S. The quantitative estimate of drug-likeness (QED) is 0.869. The number of benzene rings is 1. The summed E-state index contributed by atoms with van der Waals surface area (Å²) in [5.74, 6) is -0.413. The molecule has 0 fully saturated rings. The van der Waals surface area contributed by atoms with Crippen molar-refractivity contribution in [1.29, 1.82) is 0 Å². The van der Waals surface area contributed by atoms with E-state index >= 15 is 0 Å². The van der Waals surface area contributed by atoms with Gasteiger partial charge in [-0.25, -0.2) is 17.5 Å². The molecule has 2 N–H and O–H groups in total. The Hall–Kier alpha value is -1.70. The summed E-state index contributed by atoms with van der Waals surface area (Å²) in [5.41, 5.74) is 1.03. The highest BCUT2D eigenvalue weighted by molar-refractivity contribution is 7.89. The predicted octanol–water partition coefficient (Wildman–Crippen LogP) is 1.13. The highest BCUT2D eigenvalue weighted by atomic mass is 32.2. The minimum Gasteiger partial charge on any atom is -0.390 e. The van der Waals surface area contributed by atoms with Crippen LogP contribution < -0.4 is 4.72 Å². The Morgan fingerprint density at radius 2 is 2.10 bits per heavy atom. The second-order valence-corrected chi connectivity index (χ2v) is 6.16. The molecule has 1 aromatic heterocycles. The molecule has 5 nitrogen and oxygen atoms in total. The van der Waals surface area contributed by atoms with Crippen molar-refractivity contribution >= 4 is 10.0 Å². The van der Waals surface area contributed by atoms with Gasteiger partial charge in [-0.1, -0.05) is 12.1 Å². The molecule has 20 heavy (non-hydrogen) atoms. The summed E-state index contributed by atoms with van der Waals surface area (Å²) in [6.07, 6.45) is 1.42. The van der Waals surface area contributed by atoms with E-state index in [1.165, 1.54) is 35.0 Å². The highest BCUT2D eigenvalue weighted by Crippen LogP contribution is 2.14. The van der Waals surface area contributed by atoms with E-state index in [4.69, 9.17) is 5.11 Å². The van der Waals surface area contributed by atoms with Crippen molar-refractivity contribution in [3.63, 3.8) is 0 Å². The van der Waals surface area contributed by atoms with Crippen molar-refractivity contribution in [1.82, 2.24) is 9.29 Å². The number of rotatable bonds is 5. The number of hydrogen-bond donors (Lipinski definition) is 2. The van der Waals surface area contributed by atoms with Gasteiger partial charge in [-0.2, -0.15) is 0 Å². The van der Waals surface area contributed by atoms with Crippen LogP contribution in [0.25, 0.3) is 0 Å². The molecule has 0 atom stereocenters. The zero-order valence-corrected chi connectivity index (χ0v) is 11.7. The van der Waals surface area contributed by atoms with Gasteiger partial charge in [-0.15, -0.1) is 0 Å². The maximum atomic E-state index is 13.0. The summed E-state index contributed by atoms with van der Waals surface area (Å²) in [5, 5.41) is 9.06. The summed E-state index contributed by atoms with van der Waals surface area (Å²) >= 11 is 0. The van der Waals surface area contributed by atoms with Gasteiger partial charge in [0.05, 0.1) is 11.5 Å². The number of nitrogens with one attached hydrogen (secondary N) is 1. The van der Waals surface area contributed by atoms with Gasteiger partial charge in [-0.3, -0.25) is 0 Å². The molecule has 0 bridgehead atoms. The Bertz CT molecular complexity index is 710. The summed E-state index contributed by atoms with van der Waals surface area (Å²) in [4.78, 5) is 0.0699. The van der Waals surface area contributed by atoms with Crippen LogP contribution >= 0.6 is 0 Å². The predicted molar refractivity (Wildman–Crippen MR) is 71.8 cm³/mol. The fourth-order valence-corrected chi connectivity index (χ4v) is 2.90. The molecule has 0 aliphatic carbocycles. The fraction of sp³-hybridized carbons (Fsp3) is 0.231. The van der Waals surface area contributed by atoms with Gasteiger partial charge in [-0.05, 0) is 23.8 Å². The van der Waals surface area contributed by atoms with Crippen LogP contribution in [0.2, 0.25) is 0 Å². The minimum absolute atomic E-state index is 0.00342. The Balaban J connectivity index is 2.15. The third kappa shape index (κ3) is 3.24. The largest absolute Gasteiger partial charge is 0.390 e. The molecule has 1 heterocycles. The molecule has 0 aliphatic heterocycles. The lowest BCUT2D eigenvalue weighted by Gasteiger charge is -2.05. The first kappa shape index (κ1) is 14.7. The van der Waals surface area contributed by atoms with Crippen molar-refractivity contribution in [3.8, 4) is 0 Å². The average Bonchev–Trinajstić information content (AvgIpc) is 2.79. The van der Waals surface area contributed by atoms with E-state index in [0.717, 1.165) is 0 Å². The Kier molecular flexibility index (Phi) is 4.22. The highest BCUT2D eigenvalue weighted by Gasteiger charge is 2.17. The summed E-state index contributed by atoms with van der Waals surface area (Å²) in [7, 11) is -2.04. The number of hydrogen-bond acceptors (Lipinski definition) is 3. The van der Waals surface area contributed by atoms with Crippen molar-refractivity contribution in [3.05, 3.63) is 53.6 Å². The molecule has 2 rings (SSSR count). The standard InChI is InChI=1S/C13H15FN2O3S/c1-16-8-13(6-12(16)9-17)20(18,19)15-7-10-3-2-4-11(14)5-10/h2-6,8,15,17H,7,9H2,1H3. The number of aryl methyl sites for hydroxylation is 1. The van der Waals surface area contributed by atoms with E-state index < -0.39 is 15.8 Å². The van der Waals surface area contributed by atoms with Crippen molar-refractivity contribution in [2.75, 3.05) is 0 Å². The van der Waals surface area contributed by atoms with E-state index in [-0.39, 0.29) is 18.0 Å². The van der Waals surface area contributed by atoms with Crippen LogP contribution in [0.1, 0.15) is 11.3 Å². The van der Waals surface area contributed by atoms with Gasteiger partial charge in [0, 0.05) is 25.5 Å². The van der Waals surface area contributed by atoms with Crippen molar-refractivity contribution < 1.29 is 17.9 Å². The van der Waals surface area contributed by atoms with Crippen LogP contribution in [0.15, 0.2) is 41.4 Å². The molecule has 0 amide bonds. The van der Waals surface area contributed by atoms with Crippen LogP contribution in [0, 0.1) is 5.82 Å². The SMILES string of the molecule is Cn1cc(S(=O)(=O)NCc2cccc(F)c2)cc1CO. The summed E-state index contributed by atoms with van der Waals surface area (Å²) in [6.45, 7) is -0.237. The fourth-order valence-electron chi connectivity index (χ4n) is 1.79. The van der Waals surface area contributed by atoms with E-state index in [0.29, 0.717) is 11.3 Å². The number of halogens is 1. The second-order valence-electron chi connectivity index (χ2n) is 4.39. The lowest BCUT2D eigenvalue weighted by atomic mass is 10.2. The van der Waals surface area contributed by atoms with E-state index in [1.807, 2.05) is 0 Å². The Morgan fingerprint density at radius 3 is 2.70 bits per heavy atom. The van der Waals surface area contributed by atoms with Crippen LogP contribution in [0.3, 0.4) is 0 Å². The number of aromatic nitrogens is 1. The Morgan fingerprint density at radius 1 is 1.35 bits per heavy atom. The third-order valence-electron chi connectivity index (χ3n) is 2.91. The zero-order valence-electron chi connectivity index (χ0n) is 10.9. The van der Waals surface area contributed by atoms with Crippen LogP contribution in [0.5, 0.6) is 0 Å². The molecule has 2 aromatic rings. The first-order valence-electron chi connectivity index (χ1n) is 5.92. The first-order chi connectivity index (χ1) is 9.42. The third-order valence-corrected chi connectivity index (χ3v) is 4.28.